The quantitative estimate of drug-likeness (QED) is 0.806. The molecule has 0 unspecified atom stereocenters. The summed E-state index contributed by atoms with van der Waals surface area (Å²) in [6, 6.07) is 3.78. The van der Waals surface area contributed by atoms with E-state index in [4.69, 9.17) is 9.84 Å². The summed E-state index contributed by atoms with van der Waals surface area (Å²) in [5.41, 5.74) is -0.183. The average Bonchev–Trinajstić information content (AvgIpc) is 2.38. The van der Waals surface area contributed by atoms with E-state index in [1.165, 1.54) is 26.2 Å². The third-order valence-corrected chi connectivity index (χ3v) is 4.34. The topological polar surface area (TPSA) is 83.9 Å². The van der Waals surface area contributed by atoms with Crippen molar-refractivity contribution in [3.63, 3.8) is 0 Å². The van der Waals surface area contributed by atoms with E-state index in [2.05, 4.69) is 0 Å². The van der Waals surface area contributed by atoms with Crippen molar-refractivity contribution in [1.29, 1.82) is 0 Å². The minimum absolute atomic E-state index is 0.0849. The zero-order valence-electron chi connectivity index (χ0n) is 11.5. The first-order valence-corrected chi connectivity index (χ1v) is 7.28. The van der Waals surface area contributed by atoms with Crippen molar-refractivity contribution in [3.05, 3.63) is 35.9 Å². The summed E-state index contributed by atoms with van der Waals surface area (Å²) in [6.45, 7) is 2.03. The molecule has 0 radical (unpaired) electrons. The molecule has 110 valence electrons. The summed E-state index contributed by atoms with van der Waals surface area (Å²) < 4.78 is 30.2. The number of hydrogen-bond acceptors (Lipinski definition) is 4. The van der Waals surface area contributed by atoms with Crippen LogP contribution < -0.4 is 4.74 Å². The standard InChI is InChI=1S/C13H17NO5S/c1-4-5-8-19-12-7-6-10(9-11(12)13(15)16)20(17,18)14(2)3/h4-7,9H,8H2,1-3H3,(H,15,16). The molecule has 0 aliphatic heterocycles. The molecule has 0 atom stereocenters. The van der Waals surface area contributed by atoms with Gasteiger partial charge < -0.3 is 9.84 Å². The van der Waals surface area contributed by atoms with Crippen molar-refractivity contribution < 1.29 is 23.1 Å². The van der Waals surface area contributed by atoms with Gasteiger partial charge in [0, 0.05) is 14.1 Å². The van der Waals surface area contributed by atoms with E-state index in [1.54, 1.807) is 12.2 Å². The predicted molar refractivity (Wildman–Crippen MR) is 74.6 cm³/mol. The molecule has 0 heterocycles. The van der Waals surface area contributed by atoms with Gasteiger partial charge in [-0.15, -0.1) is 0 Å². The summed E-state index contributed by atoms with van der Waals surface area (Å²) >= 11 is 0. The van der Waals surface area contributed by atoms with Crippen LogP contribution in [0.1, 0.15) is 17.3 Å². The molecule has 1 N–H and O–H groups in total. The van der Waals surface area contributed by atoms with Crippen LogP contribution in [0.15, 0.2) is 35.2 Å². The van der Waals surface area contributed by atoms with E-state index in [9.17, 15) is 13.2 Å². The molecule has 0 spiro atoms. The molecule has 1 aromatic carbocycles. The first kappa shape index (κ1) is 16.2. The normalized spacial score (nSPS) is 12.0. The van der Waals surface area contributed by atoms with Crippen LogP contribution in [-0.4, -0.2) is 44.5 Å². The van der Waals surface area contributed by atoms with E-state index in [-0.39, 0.29) is 22.8 Å². The van der Waals surface area contributed by atoms with Crippen molar-refractivity contribution in [3.8, 4) is 5.75 Å². The zero-order chi connectivity index (χ0) is 15.3. The highest BCUT2D eigenvalue weighted by Gasteiger charge is 2.21. The molecule has 0 aromatic heterocycles. The molecule has 0 aliphatic rings. The molecular weight excluding hydrogens is 282 g/mol. The number of aromatic carboxylic acids is 1. The molecule has 20 heavy (non-hydrogen) atoms. The van der Waals surface area contributed by atoms with Crippen LogP contribution >= 0.6 is 0 Å². The van der Waals surface area contributed by atoms with E-state index < -0.39 is 16.0 Å². The van der Waals surface area contributed by atoms with Crippen LogP contribution in [-0.2, 0) is 10.0 Å². The van der Waals surface area contributed by atoms with Crippen molar-refractivity contribution in [2.24, 2.45) is 0 Å². The Labute approximate surface area is 118 Å². The van der Waals surface area contributed by atoms with E-state index in [1.807, 2.05) is 6.92 Å². The van der Waals surface area contributed by atoms with Gasteiger partial charge in [-0.05, 0) is 25.1 Å². The van der Waals surface area contributed by atoms with Crippen molar-refractivity contribution >= 4 is 16.0 Å². The summed E-state index contributed by atoms with van der Waals surface area (Å²) in [7, 11) is -0.912. The molecular formula is C13H17NO5S. The fourth-order valence-electron chi connectivity index (χ4n) is 1.41. The molecule has 0 fully saturated rings. The van der Waals surface area contributed by atoms with E-state index >= 15 is 0 Å². The Bertz CT molecular complexity index is 620. The second-order valence-corrected chi connectivity index (χ2v) is 6.28. The first-order chi connectivity index (χ1) is 9.30. The van der Waals surface area contributed by atoms with Gasteiger partial charge in [0.2, 0.25) is 10.0 Å². The number of allylic oxidation sites excluding steroid dienone is 1. The van der Waals surface area contributed by atoms with Gasteiger partial charge in [0.25, 0.3) is 0 Å². The lowest BCUT2D eigenvalue weighted by Crippen LogP contribution is -2.22. The fraction of sp³-hybridized carbons (Fsp3) is 0.308. The van der Waals surface area contributed by atoms with Crippen molar-refractivity contribution in [2.75, 3.05) is 20.7 Å². The maximum absolute atomic E-state index is 12.0. The van der Waals surface area contributed by atoms with Gasteiger partial charge in [-0.2, -0.15) is 0 Å². The lowest BCUT2D eigenvalue weighted by atomic mass is 10.2. The number of ether oxygens (including phenoxy) is 1. The third-order valence-electron chi connectivity index (χ3n) is 2.53. The second-order valence-electron chi connectivity index (χ2n) is 4.13. The second kappa shape index (κ2) is 6.53. The Balaban J connectivity index is 3.24. The number of carboxylic acid groups (broad SMARTS) is 1. The largest absolute Gasteiger partial charge is 0.489 e. The number of sulfonamides is 1. The maximum atomic E-state index is 12.0. The molecule has 1 aromatic rings. The Hall–Kier alpha value is -1.86. The molecule has 0 amide bonds. The first-order valence-electron chi connectivity index (χ1n) is 5.84. The smallest absolute Gasteiger partial charge is 0.339 e. The monoisotopic (exact) mass is 299 g/mol. The average molecular weight is 299 g/mol. The highest BCUT2D eigenvalue weighted by Crippen LogP contribution is 2.24. The third kappa shape index (κ3) is 3.58. The number of carbonyl (C=O) groups is 1. The van der Waals surface area contributed by atoms with Gasteiger partial charge in [-0.25, -0.2) is 17.5 Å². The van der Waals surface area contributed by atoms with E-state index in [0.29, 0.717) is 0 Å². The highest BCUT2D eigenvalue weighted by molar-refractivity contribution is 7.89. The number of rotatable bonds is 6. The Morgan fingerprint density at radius 1 is 1.40 bits per heavy atom. The minimum Gasteiger partial charge on any atom is -0.489 e. The van der Waals surface area contributed by atoms with Crippen LogP contribution in [0.25, 0.3) is 0 Å². The van der Waals surface area contributed by atoms with Crippen LogP contribution in [0.4, 0.5) is 0 Å². The van der Waals surface area contributed by atoms with Crippen LogP contribution in [0.3, 0.4) is 0 Å². The number of nitrogens with zero attached hydrogens (tertiary/aromatic N) is 1. The predicted octanol–water partition coefficient (Wildman–Crippen LogP) is 1.59. The van der Waals surface area contributed by atoms with Crippen molar-refractivity contribution in [2.45, 2.75) is 11.8 Å². The fourth-order valence-corrected chi connectivity index (χ4v) is 2.34. The highest BCUT2D eigenvalue weighted by atomic mass is 32.2. The lowest BCUT2D eigenvalue weighted by molar-refractivity contribution is 0.0692. The molecule has 0 bridgehead atoms. The SMILES string of the molecule is CC=CCOc1ccc(S(=O)(=O)N(C)C)cc1C(=O)O. The molecule has 1 rings (SSSR count). The molecule has 0 saturated heterocycles. The Morgan fingerprint density at radius 2 is 2.05 bits per heavy atom. The summed E-state index contributed by atoms with van der Waals surface area (Å²) in [5, 5.41) is 9.14. The summed E-state index contributed by atoms with van der Waals surface area (Å²) in [4.78, 5) is 11.1. The van der Waals surface area contributed by atoms with Crippen LogP contribution in [0.2, 0.25) is 0 Å². The van der Waals surface area contributed by atoms with Crippen LogP contribution in [0, 0.1) is 0 Å². The number of benzene rings is 1. The van der Waals surface area contributed by atoms with Gasteiger partial charge in [0.1, 0.15) is 17.9 Å². The van der Waals surface area contributed by atoms with Gasteiger partial charge in [0.05, 0.1) is 4.90 Å². The molecule has 0 aliphatic carbocycles. The minimum atomic E-state index is -3.67. The van der Waals surface area contributed by atoms with Gasteiger partial charge >= 0.3 is 5.97 Å². The van der Waals surface area contributed by atoms with Crippen LogP contribution in [0.5, 0.6) is 5.75 Å². The number of carboxylic acids is 1. The number of hydrogen-bond donors (Lipinski definition) is 1. The molecule has 0 saturated carbocycles. The summed E-state index contributed by atoms with van der Waals surface area (Å²) in [5.74, 6) is -1.11. The lowest BCUT2D eigenvalue weighted by Gasteiger charge is -2.13. The van der Waals surface area contributed by atoms with E-state index in [0.717, 1.165) is 10.4 Å². The molecule has 6 nitrogen and oxygen atoms in total. The molecule has 7 heteroatoms. The Morgan fingerprint density at radius 3 is 2.55 bits per heavy atom. The van der Waals surface area contributed by atoms with Gasteiger partial charge in [-0.1, -0.05) is 12.2 Å². The van der Waals surface area contributed by atoms with Gasteiger partial charge in [0.15, 0.2) is 0 Å². The van der Waals surface area contributed by atoms with Gasteiger partial charge in [-0.3, -0.25) is 0 Å². The zero-order valence-corrected chi connectivity index (χ0v) is 12.3. The summed E-state index contributed by atoms with van der Waals surface area (Å²) in [6.07, 6.45) is 3.49. The van der Waals surface area contributed by atoms with Crippen molar-refractivity contribution in [1.82, 2.24) is 4.31 Å². The Kier molecular flexibility index (Phi) is 5.29. The maximum Gasteiger partial charge on any atom is 0.339 e.